The summed E-state index contributed by atoms with van der Waals surface area (Å²) in [6, 6.07) is 0.268. The first kappa shape index (κ1) is 12.2. The molecule has 0 radical (unpaired) electrons. The van der Waals surface area contributed by atoms with Crippen LogP contribution in [0.25, 0.3) is 0 Å². The molecule has 86 valence electrons. The summed E-state index contributed by atoms with van der Waals surface area (Å²) in [5, 5.41) is 9.35. The molecule has 2 unspecified atom stereocenters. The summed E-state index contributed by atoms with van der Waals surface area (Å²) in [5.74, 6) is -0.478. The van der Waals surface area contributed by atoms with Gasteiger partial charge in [-0.1, -0.05) is 19.9 Å². The molecule has 1 heterocycles. The van der Waals surface area contributed by atoms with Crippen molar-refractivity contribution in [3.63, 3.8) is 0 Å². The quantitative estimate of drug-likeness (QED) is 0.723. The van der Waals surface area contributed by atoms with Crippen molar-refractivity contribution in [2.45, 2.75) is 33.2 Å². The van der Waals surface area contributed by atoms with Crippen LogP contribution in [0.2, 0.25) is 0 Å². The number of hydrogen-bond donors (Lipinski definition) is 1. The lowest BCUT2D eigenvalue weighted by molar-refractivity contribution is -0.151. The zero-order chi connectivity index (χ0) is 11.6. The molecular weight excluding hydrogens is 190 g/mol. The summed E-state index contributed by atoms with van der Waals surface area (Å²) < 4.78 is 0. The van der Waals surface area contributed by atoms with E-state index in [1.807, 2.05) is 19.9 Å². The Morgan fingerprint density at radius 1 is 1.53 bits per heavy atom. The third-order valence-corrected chi connectivity index (χ3v) is 3.78. The first-order chi connectivity index (χ1) is 6.94. The van der Waals surface area contributed by atoms with Crippen molar-refractivity contribution in [1.82, 2.24) is 4.90 Å². The van der Waals surface area contributed by atoms with E-state index >= 15 is 0 Å². The van der Waals surface area contributed by atoms with E-state index < -0.39 is 11.4 Å². The predicted octanol–water partition coefficient (Wildman–Crippen LogP) is 1.99. The van der Waals surface area contributed by atoms with Crippen LogP contribution >= 0.6 is 0 Å². The minimum Gasteiger partial charge on any atom is -0.481 e. The summed E-state index contributed by atoms with van der Waals surface area (Å²) in [6.07, 6.45) is 2.62. The molecule has 1 N–H and O–H groups in total. The average molecular weight is 211 g/mol. The van der Waals surface area contributed by atoms with Crippen molar-refractivity contribution < 1.29 is 9.90 Å². The van der Waals surface area contributed by atoms with Gasteiger partial charge in [-0.05, 0) is 25.8 Å². The van der Waals surface area contributed by atoms with Crippen molar-refractivity contribution >= 4 is 5.97 Å². The van der Waals surface area contributed by atoms with Gasteiger partial charge in [0, 0.05) is 12.6 Å². The van der Waals surface area contributed by atoms with E-state index in [1.54, 1.807) is 0 Å². The number of carboxylic acid groups (broad SMARTS) is 1. The van der Waals surface area contributed by atoms with Gasteiger partial charge in [0.05, 0.1) is 5.41 Å². The van der Waals surface area contributed by atoms with Crippen molar-refractivity contribution in [1.29, 1.82) is 0 Å². The molecule has 0 aromatic carbocycles. The Morgan fingerprint density at radius 2 is 2.13 bits per heavy atom. The fraction of sp³-hybridized carbons (Fsp3) is 0.750. The van der Waals surface area contributed by atoms with Crippen LogP contribution in [-0.4, -0.2) is 35.1 Å². The Labute approximate surface area is 91.8 Å². The lowest BCUT2D eigenvalue weighted by Crippen LogP contribution is -2.40. The highest BCUT2D eigenvalue weighted by molar-refractivity contribution is 5.75. The molecule has 1 rings (SSSR count). The summed E-state index contributed by atoms with van der Waals surface area (Å²) in [4.78, 5) is 13.6. The molecule has 1 saturated heterocycles. The maximum Gasteiger partial charge on any atom is 0.311 e. The standard InChI is InChI=1S/C12H21NO2/c1-5-10(4)13-7-6-12(8-13,9(2)3)11(14)15/h5,9-10H,1,6-8H2,2-4H3,(H,14,15). The summed E-state index contributed by atoms with van der Waals surface area (Å²) in [6.45, 7) is 11.3. The largest absolute Gasteiger partial charge is 0.481 e. The van der Waals surface area contributed by atoms with Crippen molar-refractivity contribution in [3.05, 3.63) is 12.7 Å². The van der Waals surface area contributed by atoms with Crippen molar-refractivity contribution in [2.75, 3.05) is 13.1 Å². The fourth-order valence-electron chi connectivity index (χ4n) is 2.25. The Hall–Kier alpha value is -0.830. The summed E-state index contributed by atoms with van der Waals surface area (Å²) in [5.41, 5.74) is -0.558. The minimum atomic E-state index is -0.656. The van der Waals surface area contributed by atoms with Gasteiger partial charge in [0.1, 0.15) is 0 Å². The molecule has 0 bridgehead atoms. The van der Waals surface area contributed by atoms with Gasteiger partial charge in [0.15, 0.2) is 0 Å². The maximum atomic E-state index is 11.4. The van der Waals surface area contributed by atoms with Gasteiger partial charge in [0.25, 0.3) is 0 Å². The zero-order valence-electron chi connectivity index (χ0n) is 9.86. The number of nitrogens with zero attached hydrogens (tertiary/aromatic N) is 1. The molecule has 0 aromatic heterocycles. The smallest absolute Gasteiger partial charge is 0.311 e. The van der Waals surface area contributed by atoms with Gasteiger partial charge >= 0.3 is 5.97 Å². The normalized spacial score (nSPS) is 29.3. The Balaban J connectivity index is 2.81. The average Bonchev–Trinajstić information content (AvgIpc) is 2.62. The van der Waals surface area contributed by atoms with E-state index in [2.05, 4.69) is 18.4 Å². The second-order valence-electron chi connectivity index (χ2n) is 4.81. The van der Waals surface area contributed by atoms with Crippen LogP contribution in [0.4, 0.5) is 0 Å². The van der Waals surface area contributed by atoms with Crippen molar-refractivity contribution in [2.24, 2.45) is 11.3 Å². The second kappa shape index (κ2) is 4.35. The minimum absolute atomic E-state index is 0.178. The molecular formula is C12H21NO2. The van der Waals surface area contributed by atoms with Crippen molar-refractivity contribution in [3.8, 4) is 0 Å². The molecule has 1 fully saturated rings. The van der Waals surface area contributed by atoms with Gasteiger partial charge in [0.2, 0.25) is 0 Å². The first-order valence-electron chi connectivity index (χ1n) is 5.54. The second-order valence-corrected chi connectivity index (χ2v) is 4.81. The molecule has 1 aliphatic heterocycles. The van der Waals surface area contributed by atoms with Crippen LogP contribution in [0.15, 0.2) is 12.7 Å². The van der Waals surface area contributed by atoms with Crippen LogP contribution in [0.5, 0.6) is 0 Å². The van der Waals surface area contributed by atoms with Crippen LogP contribution in [0, 0.1) is 11.3 Å². The molecule has 0 spiro atoms. The van der Waals surface area contributed by atoms with Crippen LogP contribution in [0.3, 0.4) is 0 Å². The van der Waals surface area contributed by atoms with E-state index in [4.69, 9.17) is 0 Å². The number of carbonyl (C=O) groups is 1. The Kier molecular flexibility index (Phi) is 3.55. The third-order valence-electron chi connectivity index (χ3n) is 3.78. The Bertz CT molecular complexity index is 262. The van der Waals surface area contributed by atoms with Gasteiger partial charge in [-0.15, -0.1) is 6.58 Å². The highest BCUT2D eigenvalue weighted by Crippen LogP contribution is 2.38. The summed E-state index contributed by atoms with van der Waals surface area (Å²) in [7, 11) is 0. The predicted molar refractivity (Wildman–Crippen MR) is 60.8 cm³/mol. The van der Waals surface area contributed by atoms with E-state index in [0.29, 0.717) is 6.54 Å². The molecule has 3 nitrogen and oxygen atoms in total. The van der Waals surface area contributed by atoms with Gasteiger partial charge in [-0.3, -0.25) is 9.69 Å². The summed E-state index contributed by atoms with van der Waals surface area (Å²) >= 11 is 0. The molecule has 0 aliphatic carbocycles. The SMILES string of the molecule is C=CC(C)N1CCC(C(=O)O)(C(C)C)C1. The molecule has 0 amide bonds. The lowest BCUT2D eigenvalue weighted by Gasteiger charge is -2.30. The molecule has 15 heavy (non-hydrogen) atoms. The van der Waals surface area contributed by atoms with Crippen LogP contribution < -0.4 is 0 Å². The molecule has 1 aliphatic rings. The molecule has 3 heteroatoms. The molecule has 0 aromatic rings. The fourth-order valence-corrected chi connectivity index (χ4v) is 2.25. The van der Waals surface area contributed by atoms with E-state index in [-0.39, 0.29) is 12.0 Å². The molecule has 0 saturated carbocycles. The van der Waals surface area contributed by atoms with Gasteiger partial charge in [-0.25, -0.2) is 0 Å². The number of aliphatic carboxylic acids is 1. The van der Waals surface area contributed by atoms with Crippen LogP contribution in [0.1, 0.15) is 27.2 Å². The van der Waals surface area contributed by atoms with Crippen LogP contribution in [-0.2, 0) is 4.79 Å². The maximum absolute atomic E-state index is 11.4. The van der Waals surface area contributed by atoms with E-state index in [9.17, 15) is 9.90 Å². The molecule has 2 atom stereocenters. The first-order valence-corrected chi connectivity index (χ1v) is 5.54. The third kappa shape index (κ3) is 2.07. The van der Waals surface area contributed by atoms with Gasteiger partial charge < -0.3 is 5.11 Å². The lowest BCUT2D eigenvalue weighted by atomic mass is 9.76. The number of hydrogen-bond acceptors (Lipinski definition) is 2. The zero-order valence-corrected chi connectivity index (χ0v) is 9.86. The van der Waals surface area contributed by atoms with E-state index in [0.717, 1.165) is 13.0 Å². The topological polar surface area (TPSA) is 40.5 Å². The van der Waals surface area contributed by atoms with E-state index in [1.165, 1.54) is 0 Å². The number of rotatable bonds is 4. The highest BCUT2D eigenvalue weighted by Gasteiger charge is 2.47. The monoisotopic (exact) mass is 211 g/mol. The van der Waals surface area contributed by atoms with Gasteiger partial charge in [-0.2, -0.15) is 0 Å². The number of likely N-dealkylation sites (tertiary alicyclic amines) is 1. The Morgan fingerprint density at radius 3 is 2.47 bits per heavy atom. The highest BCUT2D eigenvalue weighted by atomic mass is 16.4. The number of carboxylic acids is 1.